The number of carbonyl (C=O) groups is 1. The van der Waals surface area contributed by atoms with Crippen LogP contribution in [-0.4, -0.2) is 12.1 Å². The van der Waals surface area contributed by atoms with Gasteiger partial charge in [0.05, 0.1) is 5.56 Å². The highest BCUT2D eigenvalue weighted by atomic mass is 16.5. The Labute approximate surface area is 171 Å². The minimum atomic E-state index is -0.153. The maximum Gasteiger partial charge on any atom is 0.338 e. The van der Waals surface area contributed by atoms with Crippen molar-refractivity contribution in [1.82, 2.24) is 0 Å². The van der Waals surface area contributed by atoms with Crippen molar-refractivity contribution in [2.24, 2.45) is 11.8 Å². The summed E-state index contributed by atoms with van der Waals surface area (Å²) >= 11 is 0. The van der Waals surface area contributed by atoms with Crippen molar-refractivity contribution in [3.8, 4) is 0 Å². The molecule has 0 radical (unpaired) electrons. The Morgan fingerprint density at radius 1 is 0.964 bits per heavy atom. The normalized spacial score (nSPS) is 25.2. The quantitative estimate of drug-likeness (QED) is 0.342. The Kier molecular flexibility index (Phi) is 8.18. The molecule has 0 spiro atoms. The zero-order valence-corrected chi connectivity index (χ0v) is 17.9. The molecule has 0 heterocycles. The zero-order valence-electron chi connectivity index (χ0n) is 17.9. The second-order valence-corrected chi connectivity index (χ2v) is 8.90. The number of hydrogen-bond donors (Lipinski definition) is 0. The van der Waals surface area contributed by atoms with E-state index in [0.717, 1.165) is 24.7 Å². The van der Waals surface area contributed by atoms with E-state index < -0.39 is 0 Å². The second kappa shape index (κ2) is 10.8. The highest BCUT2D eigenvalue weighted by Crippen LogP contribution is 2.33. The van der Waals surface area contributed by atoms with Gasteiger partial charge in [0.25, 0.3) is 0 Å². The van der Waals surface area contributed by atoms with Gasteiger partial charge in [0, 0.05) is 0 Å². The third kappa shape index (κ3) is 5.96. The van der Waals surface area contributed by atoms with Crippen molar-refractivity contribution in [3.63, 3.8) is 0 Å². The van der Waals surface area contributed by atoms with Crippen molar-refractivity contribution in [2.45, 2.75) is 97.0 Å². The average Bonchev–Trinajstić information content (AvgIpc) is 2.75. The van der Waals surface area contributed by atoms with E-state index in [9.17, 15) is 4.79 Å². The number of unbranched alkanes of at least 4 members (excludes halogenated alkanes) is 2. The van der Waals surface area contributed by atoms with Gasteiger partial charge >= 0.3 is 5.97 Å². The van der Waals surface area contributed by atoms with Crippen LogP contribution in [0.4, 0.5) is 0 Å². The van der Waals surface area contributed by atoms with Gasteiger partial charge in [-0.1, -0.05) is 64.2 Å². The Morgan fingerprint density at radius 3 is 2.32 bits per heavy atom. The fraction of sp³-hybridized carbons (Fsp3) is 0.654. The molecule has 1 fully saturated rings. The SMILES string of the molecule is CCCCCC1CC=C(c2ccc(C(=O)OC3CCC(CC)CC3)cc2)CC1. The molecule has 0 N–H and O–H groups in total. The molecule has 1 aromatic rings. The predicted octanol–water partition coefficient (Wildman–Crippen LogP) is 7.58. The fourth-order valence-corrected chi connectivity index (χ4v) is 4.79. The number of allylic oxidation sites excluding steroid dienone is 2. The number of carbonyl (C=O) groups excluding carboxylic acids is 1. The van der Waals surface area contributed by atoms with Crippen LogP contribution in [0.15, 0.2) is 30.3 Å². The lowest BCUT2D eigenvalue weighted by atomic mass is 9.84. The number of rotatable bonds is 8. The van der Waals surface area contributed by atoms with Gasteiger partial charge in [-0.15, -0.1) is 0 Å². The van der Waals surface area contributed by atoms with Crippen molar-refractivity contribution < 1.29 is 9.53 Å². The Hall–Kier alpha value is -1.57. The van der Waals surface area contributed by atoms with Crippen LogP contribution >= 0.6 is 0 Å². The van der Waals surface area contributed by atoms with Gasteiger partial charge in [-0.25, -0.2) is 4.79 Å². The summed E-state index contributed by atoms with van der Waals surface area (Å²) in [7, 11) is 0. The van der Waals surface area contributed by atoms with E-state index in [1.165, 1.54) is 75.3 Å². The number of ether oxygens (including phenoxy) is 1. The third-order valence-corrected chi connectivity index (χ3v) is 6.87. The molecule has 1 unspecified atom stereocenters. The zero-order chi connectivity index (χ0) is 19.8. The molecule has 1 saturated carbocycles. The highest BCUT2D eigenvalue weighted by molar-refractivity contribution is 5.90. The number of benzene rings is 1. The maximum atomic E-state index is 12.5. The van der Waals surface area contributed by atoms with E-state index in [1.807, 2.05) is 12.1 Å². The molecule has 3 rings (SSSR count). The first-order valence-electron chi connectivity index (χ1n) is 11.7. The van der Waals surface area contributed by atoms with E-state index in [1.54, 1.807) is 0 Å². The van der Waals surface area contributed by atoms with Crippen LogP contribution < -0.4 is 0 Å². The van der Waals surface area contributed by atoms with E-state index in [4.69, 9.17) is 4.74 Å². The first-order chi connectivity index (χ1) is 13.7. The smallest absolute Gasteiger partial charge is 0.338 e. The van der Waals surface area contributed by atoms with Gasteiger partial charge in [-0.05, 0) is 80.1 Å². The molecular formula is C26H38O2. The standard InChI is InChI=1S/C26H38O2/c1-3-5-6-7-21-8-12-22(13-9-21)23-14-16-24(17-15-23)26(27)28-25-18-10-20(4-2)11-19-25/h12,14-17,20-21,25H,3-11,13,18-19H2,1-2H3. The molecule has 2 aliphatic rings. The molecule has 0 saturated heterocycles. The largest absolute Gasteiger partial charge is 0.459 e. The summed E-state index contributed by atoms with van der Waals surface area (Å²) in [6.45, 7) is 4.53. The Morgan fingerprint density at radius 2 is 1.71 bits per heavy atom. The summed E-state index contributed by atoms with van der Waals surface area (Å²) in [6.07, 6.45) is 17.3. The fourth-order valence-electron chi connectivity index (χ4n) is 4.79. The average molecular weight is 383 g/mol. The lowest BCUT2D eigenvalue weighted by Crippen LogP contribution is -2.24. The van der Waals surface area contributed by atoms with Gasteiger partial charge in [0.15, 0.2) is 0 Å². The molecule has 0 amide bonds. The van der Waals surface area contributed by atoms with Crippen molar-refractivity contribution in [3.05, 3.63) is 41.5 Å². The number of hydrogen-bond acceptors (Lipinski definition) is 2. The van der Waals surface area contributed by atoms with Gasteiger partial charge in [0.2, 0.25) is 0 Å². The molecule has 0 aliphatic heterocycles. The summed E-state index contributed by atoms with van der Waals surface area (Å²) < 4.78 is 5.76. The number of esters is 1. The first-order valence-corrected chi connectivity index (χ1v) is 11.7. The molecule has 1 aromatic carbocycles. The van der Waals surface area contributed by atoms with Crippen LogP contribution in [-0.2, 0) is 4.74 Å². The van der Waals surface area contributed by atoms with Crippen LogP contribution in [0.25, 0.3) is 5.57 Å². The third-order valence-electron chi connectivity index (χ3n) is 6.87. The topological polar surface area (TPSA) is 26.3 Å². The van der Waals surface area contributed by atoms with Gasteiger partial charge in [-0.3, -0.25) is 0 Å². The summed E-state index contributed by atoms with van der Waals surface area (Å²) in [4.78, 5) is 12.5. The van der Waals surface area contributed by atoms with Gasteiger partial charge in [-0.2, -0.15) is 0 Å². The van der Waals surface area contributed by atoms with E-state index in [-0.39, 0.29) is 12.1 Å². The van der Waals surface area contributed by atoms with Gasteiger partial charge in [0.1, 0.15) is 6.10 Å². The van der Waals surface area contributed by atoms with Crippen LogP contribution in [0.2, 0.25) is 0 Å². The minimum Gasteiger partial charge on any atom is -0.459 e. The lowest BCUT2D eigenvalue weighted by Gasteiger charge is -2.27. The molecule has 2 aliphatic carbocycles. The van der Waals surface area contributed by atoms with E-state index >= 15 is 0 Å². The van der Waals surface area contributed by atoms with E-state index in [0.29, 0.717) is 5.56 Å². The minimum absolute atomic E-state index is 0.112. The second-order valence-electron chi connectivity index (χ2n) is 8.90. The van der Waals surface area contributed by atoms with E-state index in [2.05, 4.69) is 32.1 Å². The summed E-state index contributed by atoms with van der Waals surface area (Å²) in [5, 5.41) is 0. The van der Waals surface area contributed by atoms with Crippen LogP contribution in [0, 0.1) is 11.8 Å². The van der Waals surface area contributed by atoms with Crippen molar-refractivity contribution >= 4 is 11.5 Å². The molecular weight excluding hydrogens is 344 g/mol. The Bertz CT molecular complexity index is 635. The van der Waals surface area contributed by atoms with Crippen LogP contribution in [0.5, 0.6) is 0 Å². The molecule has 2 nitrogen and oxygen atoms in total. The molecule has 1 atom stereocenters. The first kappa shape index (κ1) is 21.1. The lowest BCUT2D eigenvalue weighted by molar-refractivity contribution is 0.0164. The van der Waals surface area contributed by atoms with Crippen LogP contribution in [0.1, 0.15) is 107 Å². The van der Waals surface area contributed by atoms with Gasteiger partial charge < -0.3 is 4.74 Å². The molecule has 2 heteroatoms. The highest BCUT2D eigenvalue weighted by Gasteiger charge is 2.23. The van der Waals surface area contributed by atoms with Crippen LogP contribution in [0.3, 0.4) is 0 Å². The monoisotopic (exact) mass is 382 g/mol. The maximum absolute atomic E-state index is 12.5. The summed E-state index contributed by atoms with van der Waals surface area (Å²) in [6, 6.07) is 8.11. The Balaban J connectivity index is 1.49. The molecule has 154 valence electrons. The predicted molar refractivity (Wildman–Crippen MR) is 117 cm³/mol. The van der Waals surface area contributed by atoms with Crippen molar-refractivity contribution in [2.75, 3.05) is 0 Å². The van der Waals surface area contributed by atoms with Crippen molar-refractivity contribution in [1.29, 1.82) is 0 Å². The molecule has 28 heavy (non-hydrogen) atoms. The summed E-state index contributed by atoms with van der Waals surface area (Å²) in [5.74, 6) is 1.54. The molecule has 0 bridgehead atoms. The molecule has 0 aromatic heterocycles. The summed E-state index contributed by atoms with van der Waals surface area (Å²) in [5.41, 5.74) is 3.41.